The van der Waals surface area contributed by atoms with Crippen LogP contribution in [-0.4, -0.2) is 48.6 Å². The van der Waals surface area contributed by atoms with Gasteiger partial charge in [0.25, 0.3) is 0 Å². The number of hydrogen-bond acceptors (Lipinski definition) is 3. The lowest BCUT2D eigenvalue weighted by Gasteiger charge is -2.33. The number of piperazine rings is 1. The van der Waals surface area contributed by atoms with Crippen molar-refractivity contribution in [2.45, 2.75) is 13.5 Å². The van der Waals surface area contributed by atoms with Crippen molar-refractivity contribution in [2.24, 2.45) is 0 Å². The van der Waals surface area contributed by atoms with Crippen molar-refractivity contribution in [2.75, 3.05) is 32.7 Å². The van der Waals surface area contributed by atoms with Crippen molar-refractivity contribution in [3.63, 3.8) is 0 Å². The van der Waals surface area contributed by atoms with E-state index in [4.69, 9.17) is 4.74 Å². The molecule has 0 bridgehead atoms. The van der Waals surface area contributed by atoms with E-state index in [9.17, 15) is 4.79 Å². The van der Waals surface area contributed by atoms with Crippen LogP contribution in [0.4, 0.5) is 4.79 Å². The van der Waals surface area contributed by atoms with Crippen LogP contribution in [0.15, 0.2) is 30.3 Å². The number of carbonyl (C=O) groups is 1. The van der Waals surface area contributed by atoms with Gasteiger partial charge in [0.2, 0.25) is 0 Å². The molecular weight excluding hydrogens is 228 g/mol. The molecule has 1 fully saturated rings. The van der Waals surface area contributed by atoms with Crippen LogP contribution in [0, 0.1) is 0 Å². The molecule has 98 valence electrons. The molecule has 1 aromatic carbocycles. The number of benzene rings is 1. The molecule has 0 unspecified atom stereocenters. The molecule has 0 atom stereocenters. The van der Waals surface area contributed by atoms with Gasteiger partial charge in [-0.3, -0.25) is 0 Å². The second kappa shape index (κ2) is 6.40. The Labute approximate surface area is 108 Å². The van der Waals surface area contributed by atoms with Crippen molar-refractivity contribution in [3.05, 3.63) is 35.9 Å². The van der Waals surface area contributed by atoms with Crippen LogP contribution in [-0.2, 0) is 11.3 Å². The molecule has 4 nitrogen and oxygen atoms in total. The van der Waals surface area contributed by atoms with Crippen molar-refractivity contribution in [1.82, 2.24) is 9.80 Å². The molecule has 0 N–H and O–H groups in total. The van der Waals surface area contributed by atoms with E-state index in [1.165, 1.54) is 0 Å². The van der Waals surface area contributed by atoms with Gasteiger partial charge in [0, 0.05) is 26.2 Å². The summed E-state index contributed by atoms with van der Waals surface area (Å²) in [6.07, 6.45) is -0.199. The maximum atomic E-state index is 11.9. The highest BCUT2D eigenvalue weighted by Crippen LogP contribution is 2.06. The Morgan fingerprint density at radius 3 is 2.44 bits per heavy atom. The molecule has 0 radical (unpaired) electrons. The van der Waals surface area contributed by atoms with Crippen LogP contribution >= 0.6 is 0 Å². The third kappa shape index (κ3) is 3.47. The van der Waals surface area contributed by atoms with Crippen LogP contribution in [0.5, 0.6) is 0 Å². The van der Waals surface area contributed by atoms with E-state index in [0.717, 1.165) is 38.3 Å². The Morgan fingerprint density at radius 1 is 1.17 bits per heavy atom. The first-order chi connectivity index (χ1) is 8.79. The van der Waals surface area contributed by atoms with Gasteiger partial charge < -0.3 is 14.5 Å². The Kier molecular flexibility index (Phi) is 4.59. The number of nitrogens with zero attached hydrogens (tertiary/aromatic N) is 2. The number of likely N-dealkylation sites (N-methyl/N-ethyl adjacent to an activating group) is 1. The van der Waals surface area contributed by atoms with Gasteiger partial charge in [-0.1, -0.05) is 37.3 Å². The standard InChI is InChI=1S/C14H20N2O2/c1-2-15-8-10-16(11-9-15)14(17)18-12-13-6-4-3-5-7-13/h3-7H,2,8-12H2,1H3. The number of rotatable bonds is 3. The molecule has 1 saturated heterocycles. The zero-order chi connectivity index (χ0) is 12.8. The van der Waals surface area contributed by atoms with Gasteiger partial charge in [0.1, 0.15) is 6.61 Å². The summed E-state index contributed by atoms with van der Waals surface area (Å²) in [7, 11) is 0. The quantitative estimate of drug-likeness (QED) is 0.819. The molecule has 1 heterocycles. The Bertz CT molecular complexity index is 373. The minimum Gasteiger partial charge on any atom is -0.445 e. The second-order valence-corrected chi connectivity index (χ2v) is 4.46. The summed E-state index contributed by atoms with van der Waals surface area (Å²) in [6, 6.07) is 9.77. The number of amides is 1. The Morgan fingerprint density at radius 2 is 1.83 bits per heavy atom. The lowest BCUT2D eigenvalue weighted by molar-refractivity contribution is 0.0729. The van der Waals surface area contributed by atoms with Gasteiger partial charge in [0.05, 0.1) is 0 Å². The highest BCUT2D eigenvalue weighted by Gasteiger charge is 2.20. The van der Waals surface area contributed by atoms with Gasteiger partial charge >= 0.3 is 6.09 Å². The lowest BCUT2D eigenvalue weighted by atomic mass is 10.2. The number of carbonyl (C=O) groups excluding carboxylic acids is 1. The zero-order valence-electron chi connectivity index (χ0n) is 10.8. The zero-order valence-corrected chi connectivity index (χ0v) is 10.8. The summed E-state index contributed by atoms with van der Waals surface area (Å²) in [5.74, 6) is 0. The van der Waals surface area contributed by atoms with Crippen LogP contribution in [0.2, 0.25) is 0 Å². The van der Waals surface area contributed by atoms with Gasteiger partial charge in [-0.2, -0.15) is 0 Å². The van der Waals surface area contributed by atoms with Crippen molar-refractivity contribution >= 4 is 6.09 Å². The third-order valence-electron chi connectivity index (χ3n) is 3.28. The molecular formula is C14H20N2O2. The topological polar surface area (TPSA) is 32.8 Å². The highest BCUT2D eigenvalue weighted by molar-refractivity contribution is 5.67. The number of ether oxygens (including phenoxy) is 1. The molecule has 4 heteroatoms. The normalized spacial score (nSPS) is 16.6. The first-order valence-electron chi connectivity index (χ1n) is 6.47. The van der Waals surface area contributed by atoms with Crippen molar-refractivity contribution in [1.29, 1.82) is 0 Å². The smallest absolute Gasteiger partial charge is 0.410 e. The molecule has 0 spiro atoms. The molecule has 0 aromatic heterocycles. The summed E-state index contributed by atoms with van der Waals surface area (Å²) in [5, 5.41) is 0. The minimum atomic E-state index is -0.199. The summed E-state index contributed by atoms with van der Waals surface area (Å²) < 4.78 is 5.30. The predicted octanol–water partition coefficient (Wildman–Crippen LogP) is 1.96. The maximum Gasteiger partial charge on any atom is 0.410 e. The fraction of sp³-hybridized carbons (Fsp3) is 0.500. The van der Waals surface area contributed by atoms with Gasteiger partial charge in [-0.15, -0.1) is 0 Å². The molecule has 2 rings (SSSR count). The van der Waals surface area contributed by atoms with Crippen LogP contribution in [0.1, 0.15) is 12.5 Å². The van der Waals surface area contributed by atoms with E-state index in [2.05, 4.69) is 11.8 Å². The first kappa shape index (κ1) is 12.9. The average molecular weight is 248 g/mol. The first-order valence-corrected chi connectivity index (χ1v) is 6.47. The van der Waals surface area contributed by atoms with Crippen LogP contribution in [0.3, 0.4) is 0 Å². The Hall–Kier alpha value is -1.55. The van der Waals surface area contributed by atoms with Gasteiger partial charge in [-0.25, -0.2) is 4.79 Å². The SMILES string of the molecule is CCN1CCN(C(=O)OCc2ccccc2)CC1. The summed E-state index contributed by atoms with van der Waals surface area (Å²) in [6.45, 7) is 6.96. The summed E-state index contributed by atoms with van der Waals surface area (Å²) in [4.78, 5) is 16.0. The second-order valence-electron chi connectivity index (χ2n) is 4.46. The molecule has 1 amide bonds. The average Bonchev–Trinajstić information content (AvgIpc) is 2.46. The molecule has 1 aromatic rings. The van der Waals surface area contributed by atoms with Gasteiger partial charge in [-0.05, 0) is 12.1 Å². The highest BCUT2D eigenvalue weighted by atomic mass is 16.6. The van der Waals surface area contributed by atoms with Gasteiger partial charge in [0.15, 0.2) is 0 Å². The minimum absolute atomic E-state index is 0.199. The number of hydrogen-bond donors (Lipinski definition) is 0. The maximum absolute atomic E-state index is 11.9. The van der Waals surface area contributed by atoms with E-state index < -0.39 is 0 Å². The molecule has 0 aliphatic carbocycles. The molecule has 1 aliphatic rings. The van der Waals surface area contributed by atoms with E-state index in [0.29, 0.717) is 6.61 Å². The van der Waals surface area contributed by atoms with E-state index in [-0.39, 0.29) is 6.09 Å². The van der Waals surface area contributed by atoms with E-state index in [1.54, 1.807) is 4.90 Å². The summed E-state index contributed by atoms with van der Waals surface area (Å²) >= 11 is 0. The predicted molar refractivity (Wildman–Crippen MR) is 70.3 cm³/mol. The molecule has 1 aliphatic heterocycles. The fourth-order valence-electron chi connectivity index (χ4n) is 2.06. The van der Waals surface area contributed by atoms with Crippen molar-refractivity contribution < 1.29 is 9.53 Å². The van der Waals surface area contributed by atoms with Crippen LogP contribution in [0.25, 0.3) is 0 Å². The largest absolute Gasteiger partial charge is 0.445 e. The van der Waals surface area contributed by atoms with Crippen molar-refractivity contribution in [3.8, 4) is 0 Å². The monoisotopic (exact) mass is 248 g/mol. The summed E-state index contributed by atoms with van der Waals surface area (Å²) in [5.41, 5.74) is 1.03. The fourth-order valence-corrected chi connectivity index (χ4v) is 2.06. The molecule has 0 saturated carbocycles. The Balaban J connectivity index is 1.75. The van der Waals surface area contributed by atoms with E-state index >= 15 is 0 Å². The lowest BCUT2D eigenvalue weighted by Crippen LogP contribution is -2.48. The van der Waals surface area contributed by atoms with E-state index in [1.807, 2.05) is 30.3 Å². The van der Waals surface area contributed by atoms with Crippen LogP contribution < -0.4 is 0 Å². The third-order valence-corrected chi connectivity index (χ3v) is 3.28. The molecule has 18 heavy (non-hydrogen) atoms.